The highest BCUT2D eigenvalue weighted by molar-refractivity contribution is 5.35. The molecule has 1 aliphatic rings. The van der Waals surface area contributed by atoms with Gasteiger partial charge in [-0.2, -0.15) is 0 Å². The van der Waals surface area contributed by atoms with Crippen molar-refractivity contribution in [2.75, 3.05) is 13.1 Å². The molecule has 1 unspecified atom stereocenters. The molecule has 0 aromatic heterocycles. The van der Waals surface area contributed by atoms with Crippen molar-refractivity contribution in [1.29, 1.82) is 0 Å². The van der Waals surface area contributed by atoms with Gasteiger partial charge in [-0.05, 0) is 24.6 Å². The predicted octanol–water partition coefficient (Wildman–Crippen LogP) is 2.44. The van der Waals surface area contributed by atoms with Crippen molar-refractivity contribution >= 4 is 0 Å². The number of nitrogens with zero attached hydrogens (tertiary/aromatic N) is 1. The van der Waals surface area contributed by atoms with E-state index in [0.717, 1.165) is 30.5 Å². The van der Waals surface area contributed by atoms with Gasteiger partial charge in [-0.25, -0.2) is 4.39 Å². The van der Waals surface area contributed by atoms with E-state index in [2.05, 4.69) is 11.8 Å². The van der Waals surface area contributed by atoms with Gasteiger partial charge in [-0.1, -0.05) is 25.5 Å². The van der Waals surface area contributed by atoms with Gasteiger partial charge in [0.05, 0.1) is 0 Å². The lowest BCUT2D eigenvalue weighted by molar-refractivity contribution is 0.216. The molecule has 3 heteroatoms. The van der Waals surface area contributed by atoms with Gasteiger partial charge in [0, 0.05) is 24.7 Å². The number of hydrogen-bond donors (Lipinski definition) is 1. The lowest BCUT2D eigenvalue weighted by Gasteiger charge is -2.23. The fourth-order valence-corrected chi connectivity index (χ4v) is 2.44. The third kappa shape index (κ3) is 1.97. The highest BCUT2D eigenvalue weighted by Gasteiger charge is 2.30. The van der Waals surface area contributed by atoms with Crippen molar-refractivity contribution in [1.82, 2.24) is 4.90 Å². The molecule has 0 spiro atoms. The van der Waals surface area contributed by atoms with Gasteiger partial charge in [0.25, 0.3) is 0 Å². The Bertz CT molecular complexity index is 365. The Labute approximate surface area is 96.2 Å². The van der Waals surface area contributed by atoms with Gasteiger partial charge in [-0.3, -0.25) is 4.90 Å². The molecule has 0 fully saturated rings. The number of fused-ring (bicyclic) bond motifs is 1. The summed E-state index contributed by atoms with van der Waals surface area (Å²) in [6.45, 7) is 4.46. The summed E-state index contributed by atoms with van der Waals surface area (Å²) in [6.07, 6.45) is 2.30. The SMILES string of the molecule is CCCCN1Cc2c(F)cccc2C1CN. The molecule has 1 heterocycles. The quantitative estimate of drug-likeness (QED) is 0.847. The Morgan fingerprint density at radius 1 is 1.50 bits per heavy atom. The number of nitrogens with two attached hydrogens (primary N) is 1. The molecule has 88 valence electrons. The standard InChI is InChI=1S/C13H19FN2/c1-2-3-7-16-9-11-10(13(16)8-15)5-4-6-12(11)14/h4-6,13H,2-3,7-9,15H2,1H3. The van der Waals surface area contributed by atoms with Crippen molar-refractivity contribution in [2.24, 2.45) is 5.73 Å². The molecule has 0 saturated carbocycles. The van der Waals surface area contributed by atoms with Crippen LogP contribution in [0.3, 0.4) is 0 Å². The van der Waals surface area contributed by atoms with Crippen molar-refractivity contribution in [3.05, 3.63) is 35.1 Å². The first-order valence-electron chi connectivity index (χ1n) is 5.99. The summed E-state index contributed by atoms with van der Waals surface area (Å²) in [5.41, 5.74) is 7.72. The Morgan fingerprint density at radius 2 is 2.31 bits per heavy atom. The van der Waals surface area contributed by atoms with Gasteiger partial charge in [0.2, 0.25) is 0 Å². The normalized spacial score (nSPS) is 20.1. The minimum atomic E-state index is -0.0880. The zero-order valence-electron chi connectivity index (χ0n) is 9.75. The third-order valence-electron chi connectivity index (χ3n) is 3.34. The van der Waals surface area contributed by atoms with Gasteiger partial charge in [0.1, 0.15) is 5.82 Å². The second-order valence-electron chi connectivity index (χ2n) is 4.38. The molecule has 1 aromatic carbocycles. The molecule has 2 N–H and O–H groups in total. The number of hydrogen-bond acceptors (Lipinski definition) is 2. The summed E-state index contributed by atoms with van der Waals surface area (Å²) in [6, 6.07) is 5.52. The monoisotopic (exact) mass is 222 g/mol. The molecule has 1 aromatic rings. The van der Waals surface area contributed by atoms with Crippen LogP contribution in [-0.4, -0.2) is 18.0 Å². The topological polar surface area (TPSA) is 29.3 Å². The van der Waals surface area contributed by atoms with E-state index in [9.17, 15) is 4.39 Å². The van der Waals surface area contributed by atoms with E-state index in [1.165, 1.54) is 6.07 Å². The molecule has 2 rings (SSSR count). The maximum atomic E-state index is 13.6. The van der Waals surface area contributed by atoms with Crippen LogP contribution in [0.15, 0.2) is 18.2 Å². The van der Waals surface area contributed by atoms with Gasteiger partial charge < -0.3 is 5.73 Å². The molecule has 0 saturated heterocycles. The van der Waals surface area contributed by atoms with Gasteiger partial charge in [0.15, 0.2) is 0 Å². The second-order valence-corrected chi connectivity index (χ2v) is 4.38. The van der Waals surface area contributed by atoms with E-state index in [0.29, 0.717) is 13.1 Å². The maximum Gasteiger partial charge on any atom is 0.128 e. The highest BCUT2D eigenvalue weighted by Crippen LogP contribution is 2.34. The molecule has 16 heavy (non-hydrogen) atoms. The minimum Gasteiger partial charge on any atom is -0.329 e. The summed E-state index contributed by atoms with van der Waals surface area (Å²) in [5.74, 6) is -0.0880. The van der Waals surface area contributed by atoms with Crippen molar-refractivity contribution in [2.45, 2.75) is 32.4 Å². The molecule has 0 amide bonds. The lowest BCUT2D eigenvalue weighted by Crippen LogP contribution is -2.28. The second kappa shape index (κ2) is 4.93. The van der Waals surface area contributed by atoms with Crippen LogP contribution in [0.2, 0.25) is 0 Å². The molecule has 0 radical (unpaired) electrons. The number of unbranched alkanes of at least 4 members (excludes halogenated alkanes) is 1. The Morgan fingerprint density at radius 3 is 3.00 bits per heavy atom. The summed E-state index contributed by atoms with van der Waals surface area (Å²) in [4.78, 5) is 2.29. The molecular weight excluding hydrogens is 203 g/mol. The zero-order valence-corrected chi connectivity index (χ0v) is 9.75. The predicted molar refractivity (Wildman–Crippen MR) is 63.5 cm³/mol. The van der Waals surface area contributed by atoms with E-state index >= 15 is 0 Å². The lowest BCUT2D eigenvalue weighted by atomic mass is 10.0. The van der Waals surface area contributed by atoms with Gasteiger partial charge in [-0.15, -0.1) is 0 Å². The van der Waals surface area contributed by atoms with Crippen LogP contribution in [0.1, 0.15) is 36.9 Å². The Balaban J connectivity index is 2.22. The van der Waals surface area contributed by atoms with Crippen LogP contribution < -0.4 is 5.73 Å². The van der Waals surface area contributed by atoms with Crippen molar-refractivity contribution in [3.63, 3.8) is 0 Å². The first-order valence-corrected chi connectivity index (χ1v) is 5.99. The Kier molecular flexibility index (Phi) is 3.56. The van der Waals surface area contributed by atoms with Gasteiger partial charge >= 0.3 is 0 Å². The molecular formula is C13H19FN2. The molecule has 0 bridgehead atoms. The Hall–Kier alpha value is -0.930. The van der Waals surface area contributed by atoms with E-state index < -0.39 is 0 Å². The van der Waals surface area contributed by atoms with Crippen LogP contribution in [0.5, 0.6) is 0 Å². The molecule has 1 atom stereocenters. The zero-order chi connectivity index (χ0) is 11.5. The van der Waals surface area contributed by atoms with Crippen LogP contribution in [0.25, 0.3) is 0 Å². The van der Waals surface area contributed by atoms with E-state index in [4.69, 9.17) is 5.73 Å². The first kappa shape index (κ1) is 11.6. The van der Waals surface area contributed by atoms with E-state index in [1.54, 1.807) is 6.07 Å². The van der Waals surface area contributed by atoms with Crippen LogP contribution in [0.4, 0.5) is 4.39 Å². The fraction of sp³-hybridized carbons (Fsp3) is 0.538. The van der Waals surface area contributed by atoms with E-state index in [-0.39, 0.29) is 11.9 Å². The summed E-state index contributed by atoms with van der Waals surface area (Å²) in [7, 11) is 0. The molecule has 0 aliphatic carbocycles. The summed E-state index contributed by atoms with van der Waals surface area (Å²) in [5, 5.41) is 0. The van der Waals surface area contributed by atoms with Crippen LogP contribution in [0, 0.1) is 5.82 Å². The van der Waals surface area contributed by atoms with E-state index in [1.807, 2.05) is 6.07 Å². The maximum absolute atomic E-state index is 13.6. The number of benzene rings is 1. The average Bonchev–Trinajstić information content (AvgIpc) is 2.65. The summed E-state index contributed by atoms with van der Waals surface area (Å²) < 4.78 is 13.6. The fourth-order valence-electron chi connectivity index (χ4n) is 2.44. The number of rotatable bonds is 4. The van der Waals surface area contributed by atoms with Crippen molar-refractivity contribution < 1.29 is 4.39 Å². The van der Waals surface area contributed by atoms with Crippen molar-refractivity contribution in [3.8, 4) is 0 Å². The first-order chi connectivity index (χ1) is 7.77. The largest absolute Gasteiger partial charge is 0.329 e. The third-order valence-corrected chi connectivity index (χ3v) is 3.34. The molecule has 1 aliphatic heterocycles. The average molecular weight is 222 g/mol. The molecule has 2 nitrogen and oxygen atoms in total. The summed E-state index contributed by atoms with van der Waals surface area (Å²) >= 11 is 0. The van der Waals surface area contributed by atoms with Crippen LogP contribution >= 0.6 is 0 Å². The smallest absolute Gasteiger partial charge is 0.128 e. The minimum absolute atomic E-state index is 0.0880. The highest BCUT2D eigenvalue weighted by atomic mass is 19.1. The van der Waals surface area contributed by atoms with Crippen LogP contribution in [-0.2, 0) is 6.54 Å². The number of halogens is 1.